The largest absolute Gasteiger partial charge is 0.338 e. The fraction of sp³-hybridized carbons (Fsp3) is 0.350. The van der Waals surface area contributed by atoms with Crippen LogP contribution in [0.3, 0.4) is 0 Å². The molecule has 1 aliphatic heterocycles. The molecule has 0 spiro atoms. The van der Waals surface area contributed by atoms with E-state index in [-0.39, 0.29) is 28.9 Å². The highest BCUT2D eigenvalue weighted by molar-refractivity contribution is 7.17. The monoisotopic (exact) mass is 419 g/mol. The van der Waals surface area contributed by atoms with Crippen molar-refractivity contribution < 1.29 is 13.6 Å². The third kappa shape index (κ3) is 3.50. The number of carbonyl (C=O) groups excluding carboxylic acids is 1. The smallest absolute Gasteiger partial charge is 0.336 e. The molecule has 0 radical (unpaired) electrons. The van der Waals surface area contributed by atoms with Crippen LogP contribution >= 0.6 is 11.3 Å². The summed E-state index contributed by atoms with van der Waals surface area (Å²) < 4.78 is 29.6. The summed E-state index contributed by atoms with van der Waals surface area (Å²) in [5.74, 6) is -2.02. The summed E-state index contributed by atoms with van der Waals surface area (Å²) in [6, 6.07) is 4.19. The highest BCUT2D eigenvalue weighted by Crippen LogP contribution is 2.20. The number of thiophene rings is 1. The molecule has 9 heteroatoms. The number of fused-ring (bicyclic) bond motifs is 1. The molecule has 0 aliphatic carbocycles. The van der Waals surface area contributed by atoms with Crippen LogP contribution in [-0.2, 0) is 11.3 Å². The number of piperidine rings is 1. The molecule has 1 amide bonds. The zero-order valence-corrected chi connectivity index (χ0v) is 16.5. The number of benzene rings is 1. The van der Waals surface area contributed by atoms with Crippen molar-refractivity contribution >= 4 is 27.5 Å². The minimum atomic E-state index is -0.901. The Balaban J connectivity index is 1.86. The van der Waals surface area contributed by atoms with E-state index in [1.54, 1.807) is 16.3 Å². The first-order valence-electron chi connectivity index (χ1n) is 9.36. The molecule has 2 aromatic heterocycles. The van der Waals surface area contributed by atoms with Gasteiger partial charge in [0.2, 0.25) is 5.91 Å². The lowest BCUT2D eigenvalue weighted by Gasteiger charge is -2.33. The molecule has 0 saturated carbocycles. The van der Waals surface area contributed by atoms with Crippen LogP contribution in [0.25, 0.3) is 15.9 Å². The van der Waals surface area contributed by atoms with Crippen molar-refractivity contribution in [3.05, 3.63) is 62.1 Å². The molecule has 4 rings (SSSR count). The van der Waals surface area contributed by atoms with Crippen molar-refractivity contribution in [1.29, 1.82) is 0 Å². The van der Waals surface area contributed by atoms with Crippen LogP contribution in [0.1, 0.15) is 26.2 Å². The third-order valence-electron chi connectivity index (χ3n) is 5.28. The first-order chi connectivity index (χ1) is 13.9. The van der Waals surface area contributed by atoms with Gasteiger partial charge < -0.3 is 4.90 Å². The number of halogens is 2. The molecule has 0 bridgehead atoms. The van der Waals surface area contributed by atoms with Gasteiger partial charge in [-0.15, -0.1) is 11.3 Å². The molecule has 1 saturated heterocycles. The molecule has 29 heavy (non-hydrogen) atoms. The number of hydrogen-bond acceptors (Lipinski definition) is 4. The molecule has 152 valence electrons. The quantitative estimate of drug-likeness (QED) is 0.656. The second-order valence-electron chi connectivity index (χ2n) is 7.20. The van der Waals surface area contributed by atoms with E-state index in [4.69, 9.17) is 0 Å². The van der Waals surface area contributed by atoms with Crippen molar-refractivity contribution in [3.63, 3.8) is 0 Å². The van der Waals surface area contributed by atoms with Gasteiger partial charge >= 0.3 is 5.69 Å². The second kappa shape index (κ2) is 7.55. The predicted molar refractivity (Wildman–Crippen MR) is 107 cm³/mol. The molecule has 1 atom stereocenters. The first kappa shape index (κ1) is 19.5. The lowest BCUT2D eigenvalue weighted by Crippen LogP contribution is -2.46. The summed E-state index contributed by atoms with van der Waals surface area (Å²) in [4.78, 5) is 40.6. The van der Waals surface area contributed by atoms with Crippen LogP contribution in [0.5, 0.6) is 0 Å². The Labute approximate surface area is 168 Å². The Hall–Kier alpha value is -2.81. The number of rotatable bonds is 3. The van der Waals surface area contributed by atoms with E-state index in [2.05, 4.69) is 0 Å². The molecular weight excluding hydrogens is 400 g/mol. The number of carbonyl (C=O) groups is 1. The average molecular weight is 419 g/mol. The Kier molecular flexibility index (Phi) is 5.08. The highest BCUT2D eigenvalue weighted by Gasteiger charge is 2.25. The summed E-state index contributed by atoms with van der Waals surface area (Å²) in [5.41, 5.74) is -1.33. The Morgan fingerprint density at radius 1 is 1.17 bits per heavy atom. The maximum absolute atomic E-state index is 13.7. The van der Waals surface area contributed by atoms with Gasteiger partial charge in [-0.3, -0.25) is 14.2 Å². The Morgan fingerprint density at radius 3 is 2.59 bits per heavy atom. The van der Waals surface area contributed by atoms with Gasteiger partial charge in [0, 0.05) is 18.7 Å². The predicted octanol–water partition coefficient (Wildman–Crippen LogP) is 2.89. The summed E-state index contributed by atoms with van der Waals surface area (Å²) in [5, 5.41) is 1.65. The summed E-state index contributed by atoms with van der Waals surface area (Å²) in [7, 11) is 0. The minimum Gasteiger partial charge on any atom is -0.338 e. The maximum Gasteiger partial charge on any atom is 0.336 e. The van der Waals surface area contributed by atoms with Crippen LogP contribution in [-0.4, -0.2) is 32.5 Å². The highest BCUT2D eigenvalue weighted by atomic mass is 32.1. The van der Waals surface area contributed by atoms with Gasteiger partial charge in [-0.1, -0.05) is 0 Å². The van der Waals surface area contributed by atoms with Crippen molar-refractivity contribution in [2.75, 3.05) is 6.54 Å². The third-order valence-corrected chi connectivity index (χ3v) is 6.17. The van der Waals surface area contributed by atoms with Crippen LogP contribution in [0, 0.1) is 11.6 Å². The summed E-state index contributed by atoms with van der Waals surface area (Å²) >= 11 is 1.11. The van der Waals surface area contributed by atoms with Crippen molar-refractivity contribution in [3.8, 4) is 5.69 Å². The Bertz CT molecular complexity index is 1190. The van der Waals surface area contributed by atoms with E-state index in [0.29, 0.717) is 18.1 Å². The standard InChI is InChI=1S/C20H19F2N3O3S/c1-12-4-2-3-6-23(12)17(26)11-24-16-5-7-29-18(16)19(27)25(20(24)28)15-9-13(21)8-14(22)10-15/h5,7-10,12H,2-4,6,11H2,1H3/t12-/m0/s1. The van der Waals surface area contributed by atoms with Crippen LogP contribution < -0.4 is 11.2 Å². The first-order valence-corrected chi connectivity index (χ1v) is 10.2. The number of nitrogens with zero attached hydrogens (tertiary/aromatic N) is 3. The van der Waals surface area contributed by atoms with Crippen molar-refractivity contribution in [1.82, 2.24) is 14.0 Å². The van der Waals surface area contributed by atoms with Gasteiger partial charge in [0.05, 0.1) is 11.2 Å². The lowest BCUT2D eigenvalue weighted by atomic mass is 10.0. The maximum atomic E-state index is 13.7. The Morgan fingerprint density at radius 2 is 1.90 bits per heavy atom. The lowest BCUT2D eigenvalue weighted by molar-refractivity contribution is -0.135. The van der Waals surface area contributed by atoms with E-state index in [1.807, 2.05) is 6.92 Å². The van der Waals surface area contributed by atoms with Gasteiger partial charge in [0.25, 0.3) is 5.56 Å². The average Bonchev–Trinajstić information content (AvgIpc) is 3.15. The molecule has 6 nitrogen and oxygen atoms in total. The SMILES string of the molecule is C[C@H]1CCCCN1C(=O)Cn1c(=O)n(-c2cc(F)cc(F)c2)c(=O)c2sccc21. The topological polar surface area (TPSA) is 64.3 Å². The zero-order chi connectivity index (χ0) is 20.7. The van der Waals surface area contributed by atoms with Gasteiger partial charge in [0.1, 0.15) is 22.9 Å². The fourth-order valence-electron chi connectivity index (χ4n) is 3.83. The molecule has 0 unspecified atom stereocenters. The van der Waals surface area contributed by atoms with Crippen molar-refractivity contribution in [2.45, 2.75) is 38.8 Å². The molecular formula is C20H19F2N3O3S. The number of likely N-dealkylation sites (tertiary alicyclic amines) is 1. The normalized spacial score (nSPS) is 17.1. The molecule has 3 heterocycles. The van der Waals surface area contributed by atoms with Crippen molar-refractivity contribution in [2.24, 2.45) is 0 Å². The molecule has 3 aromatic rings. The fourth-order valence-corrected chi connectivity index (χ4v) is 4.65. The van der Waals surface area contributed by atoms with E-state index in [9.17, 15) is 23.2 Å². The van der Waals surface area contributed by atoms with Gasteiger partial charge in [0.15, 0.2) is 0 Å². The van der Waals surface area contributed by atoms with Crippen LogP contribution in [0.2, 0.25) is 0 Å². The van der Waals surface area contributed by atoms with Crippen LogP contribution in [0.4, 0.5) is 8.78 Å². The molecule has 1 aromatic carbocycles. The number of aromatic nitrogens is 2. The minimum absolute atomic E-state index is 0.0770. The van der Waals surface area contributed by atoms with E-state index >= 15 is 0 Å². The molecule has 1 aliphatic rings. The number of hydrogen-bond donors (Lipinski definition) is 0. The van der Waals surface area contributed by atoms with Crippen LogP contribution in [0.15, 0.2) is 39.2 Å². The number of amides is 1. The van der Waals surface area contributed by atoms with Gasteiger partial charge in [-0.25, -0.2) is 18.1 Å². The van der Waals surface area contributed by atoms with E-state index in [0.717, 1.165) is 47.3 Å². The van der Waals surface area contributed by atoms with Gasteiger partial charge in [-0.2, -0.15) is 0 Å². The second-order valence-corrected chi connectivity index (χ2v) is 8.12. The van der Waals surface area contributed by atoms with Gasteiger partial charge in [-0.05, 0) is 49.8 Å². The zero-order valence-electron chi connectivity index (χ0n) is 15.7. The summed E-state index contributed by atoms with van der Waals surface area (Å²) in [6.07, 6.45) is 2.85. The summed E-state index contributed by atoms with van der Waals surface area (Å²) in [6.45, 7) is 2.35. The molecule has 1 fully saturated rings. The van der Waals surface area contributed by atoms with E-state index < -0.39 is 22.9 Å². The molecule has 0 N–H and O–H groups in total. The van der Waals surface area contributed by atoms with E-state index in [1.165, 1.54) is 4.57 Å².